The molecule has 1 saturated heterocycles. The number of carboxylic acid groups (broad SMARTS) is 1. The normalized spacial score (nSPS) is 18.1. The van der Waals surface area contributed by atoms with Crippen molar-refractivity contribution in [2.75, 3.05) is 13.1 Å². The molecule has 0 spiro atoms. The van der Waals surface area contributed by atoms with E-state index < -0.39 is 6.09 Å². The van der Waals surface area contributed by atoms with E-state index in [0.717, 1.165) is 5.56 Å². The topological polar surface area (TPSA) is 88.7 Å². The lowest BCUT2D eigenvalue weighted by Gasteiger charge is -2.29. The number of ether oxygens (including phenoxy) is 1. The highest BCUT2D eigenvalue weighted by atomic mass is 16.5. The van der Waals surface area contributed by atoms with Gasteiger partial charge in [-0.1, -0.05) is 6.07 Å². The van der Waals surface area contributed by atoms with Crippen LogP contribution in [0.25, 0.3) is 0 Å². The van der Waals surface area contributed by atoms with Gasteiger partial charge in [-0.3, -0.25) is 0 Å². The summed E-state index contributed by atoms with van der Waals surface area (Å²) >= 11 is 0. The van der Waals surface area contributed by atoms with Crippen LogP contribution in [-0.2, 0) is 0 Å². The monoisotopic (exact) mass is 265 g/mol. The molecule has 0 bridgehead atoms. The summed E-state index contributed by atoms with van der Waals surface area (Å²) < 4.78 is 5.75. The maximum absolute atomic E-state index is 10.8. The summed E-state index contributed by atoms with van der Waals surface area (Å²) in [5, 5.41) is 8.86. The van der Waals surface area contributed by atoms with Crippen LogP contribution >= 0.6 is 0 Å². The number of aromatic nitrogens is 1. The number of hydrogen-bond acceptors (Lipinski definition) is 4. The molecule has 1 atom stereocenters. The van der Waals surface area contributed by atoms with E-state index in [9.17, 15) is 4.79 Å². The van der Waals surface area contributed by atoms with Gasteiger partial charge in [0.2, 0.25) is 5.88 Å². The Kier molecular flexibility index (Phi) is 4.21. The van der Waals surface area contributed by atoms with Gasteiger partial charge < -0.3 is 20.5 Å². The molecule has 1 aromatic rings. The number of nitrogens with two attached hydrogens (primary N) is 1. The Balaban J connectivity index is 1.87. The highest BCUT2D eigenvalue weighted by Crippen LogP contribution is 2.18. The van der Waals surface area contributed by atoms with Crippen molar-refractivity contribution in [2.45, 2.75) is 31.9 Å². The molecule has 1 fully saturated rings. The van der Waals surface area contributed by atoms with Crippen molar-refractivity contribution in [2.24, 2.45) is 5.73 Å². The van der Waals surface area contributed by atoms with Crippen LogP contribution in [0.2, 0.25) is 0 Å². The van der Waals surface area contributed by atoms with Crippen LogP contribution in [-0.4, -0.2) is 40.3 Å². The standard InChI is InChI=1S/C13H19N3O3/c1-9(14)10-2-3-12(15-8-10)19-11-4-6-16(7-5-11)13(17)18/h2-3,8-9,11H,4-7,14H2,1H3,(H,17,18). The minimum Gasteiger partial charge on any atom is -0.474 e. The highest BCUT2D eigenvalue weighted by Gasteiger charge is 2.23. The number of rotatable bonds is 3. The van der Waals surface area contributed by atoms with E-state index in [-0.39, 0.29) is 12.1 Å². The van der Waals surface area contributed by atoms with Gasteiger partial charge in [0.05, 0.1) is 0 Å². The zero-order valence-corrected chi connectivity index (χ0v) is 11.0. The van der Waals surface area contributed by atoms with Gasteiger partial charge >= 0.3 is 6.09 Å². The number of nitrogens with zero attached hydrogens (tertiary/aromatic N) is 2. The van der Waals surface area contributed by atoms with Gasteiger partial charge in [-0.15, -0.1) is 0 Å². The second-order valence-electron chi connectivity index (χ2n) is 4.81. The number of amides is 1. The largest absolute Gasteiger partial charge is 0.474 e. The molecular formula is C13H19N3O3. The molecule has 1 aliphatic rings. The van der Waals surface area contributed by atoms with Gasteiger partial charge in [0.25, 0.3) is 0 Å². The van der Waals surface area contributed by atoms with E-state index >= 15 is 0 Å². The zero-order chi connectivity index (χ0) is 13.8. The average Bonchev–Trinajstić information content (AvgIpc) is 2.40. The molecule has 1 unspecified atom stereocenters. The second kappa shape index (κ2) is 5.88. The van der Waals surface area contributed by atoms with Crippen molar-refractivity contribution in [1.29, 1.82) is 0 Å². The second-order valence-corrected chi connectivity index (χ2v) is 4.81. The Morgan fingerprint density at radius 1 is 1.53 bits per heavy atom. The van der Waals surface area contributed by atoms with Crippen LogP contribution in [0.15, 0.2) is 18.3 Å². The van der Waals surface area contributed by atoms with E-state index in [1.54, 1.807) is 6.20 Å². The minimum atomic E-state index is -0.863. The van der Waals surface area contributed by atoms with Gasteiger partial charge in [0.15, 0.2) is 0 Å². The molecule has 0 aromatic carbocycles. The third-order valence-corrected chi connectivity index (χ3v) is 3.28. The van der Waals surface area contributed by atoms with Gasteiger partial charge in [-0.05, 0) is 12.5 Å². The molecule has 3 N–H and O–H groups in total. The van der Waals surface area contributed by atoms with Crippen molar-refractivity contribution in [3.8, 4) is 5.88 Å². The molecule has 1 aromatic heterocycles. The highest BCUT2D eigenvalue weighted by molar-refractivity contribution is 5.65. The first kappa shape index (κ1) is 13.6. The lowest BCUT2D eigenvalue weighted by atomic mass is 10.1. The molecule has 104 valence electrons. The fourth-order valence-corrected chi connectivity index (χ4v) is 2.07. The van der Waals surface area contributed by atoms with Crippen LogP contribution < -0.4 is 10.5 Å². The number of likely N-dealkylation sites (tertiary alicyclic amines) is 1. The molecule has 2 rings (SSSR count). The molecule has 0 aliphatic carbocycles. The lowest BCUT2D eigenvalue weighted by Crippen LogP contribution is -2.41. The first-order chi connectivity index (χ1) is 9.06. The Morgan fingerprint density at radius 3 is 2.68 bits per heavy atom. The Hall–Kier alpha value is -1.82. The van der Waals surface area contributed by atoms with E-state index in [1.807, 2.05) is 19.1 Å². The molecule has 0 radical (unpaired) electrons. The van der Waals surface area contributed by atoms with E-state index in [1.165, 1.54) is 4.90 Å². The van der Waals surface area contributed by atoms with Crippen molar-refractivity contribution < 1.29 is 14.6 Å². The maximum atomic E-state index is 10.8. The summed E-state index contributed by atoms with van der Waals surface area (Å²) in [5.41, 5.74) is 6.72. The van der Waals surface area contributed by atoms with E-state index in [0.29, 0.717) is 31.8 Å². The fourth-order valence-electron chi connectivity index (χ4n) is 2.07. The Bertz CT molecular complexity index is 425. The summed E-state index contributed by atoms with van der Waals surface area (Å²) in [6, 6.07) is 3.67. The molecule has 6 heteroatoms. The van der Waals surface area contributed by atoms with Gasteiger partial charge in [0, 0.05) is 44.2 Å². The van der Waals surface area contributed by atoms with Crippen molar-refractivity contribution in [3.63, 3.8) is 0 Å². The third-order valence-electron chi connectivity index (χ3n) is 3.28. The minimum absolute atomic E-state index is 0.0317. The average molecular weight is 265 g/mol. The number of pyridine rings is 1. The predicted octanol–water partition coefficient (Wildman–Crippen LogP) is 1.62. The quantitative estimate of drug-likeness (QED) is 0.867. The van der Waals surface area contributed by atoms with Crippen molar-refractivity contribution >= 4 is 6.09 Å². The SMILES string of the molecule is CC(N)c1ccc(OC2CCN(C(=O)O)CC2)nc1. The van der Waals surface area contributed by atoms with Crippen LogP contribution in [0.3, 0.4) is 0 Å². The molecule has 19 heavy (non-hydrogen) atoms. The fraction of sp³-hybridized carbons (Fsp3) is 0.538. The summed E-state index contributed by atoms with van der Waals surface area (Å²) in [5.74, 6) is 0.568. The van der Waals surface area contributed by atoms with E-state index in [2.05, 4.69) is 4.98 Å². The molecule has 2 heterocycles. The van der Waals surface area contributed by atoms with E-state index in [4.69, 9.17) is 15.6 Å². The van der Waals surface area contributed by atoms with Crippen LogP contribution in [0, 0.1) is 0 Å². The van der Waals surface area contributed by atoms with Gasteiger partial charge in [0.1, 0.15) is 6.10 Å². The lowest BCUT2D eigenvalue weighted by molar-refractivity contribution is 0.0871. The van der Waals surface area contributed by atoms with Crippen molar-refractivity contribution in [1.82, 2.24) is 9.88 Å². The molecule has 6 nitrogen and oxygen atoms in total. The molecule has 1 amide bonds. The van der Waals surface area contributed by atoms with Crippen molar-refractivity contribution in [3.05, 3.63) is 23.9 Å². The molecular weight excluding hydrogens is 246 g/mol. The first-order valence-corrected chi connectivity index (χ1v) is 6.42. The van der Waals surface area contributed by atoms with Crippen LogP contribution in [0.4, 0.5) is 4.79 Å². The van der Waals surface area contributed by atoms with Crippen LogP contribution in [0.5, 0.6) is 5.88 Å². The van der Waals surface area contributed by atoms with Crippen LogP contribution in [0.1, 0.15) is 31.4 Å². The zero-order valence-electron chi connectivity index (χ0n) is 11.0. The third kappa shape index (κ3) is 3.57. The summed E-state index contributed by atoms with van der Waals surface area (Å²) in [6.45, 7) is 2.93. The number of carbonyl (C=O) groups is 1. The Labute approximate surface area is 112 Å². The number of piperidine rings is 1. The Morgan fingerprint density at radius 2 is 2.21 bits per heavy atom. The number of hydrogen-bond donors (Lipinski definition) is 2. The van der Waals surface area contributed by atoms with Gasteiger partial charge in [-0.2, -0.15) is 0 Å². The molecule has 1 aliphatic heterocycles. The summed E-state index contributed by atoms with van der Waals surface area (Å²) in [4.78, 5) is 16.4. The van der Waals surface area contributed by atoms with Gasteiger partial charge in [-0.25, -0.2) is 9.78 Å². The molecule has 0 saturated carbocycles. The maximum Gasteiger partial charge on any atom is 0.407 e. The first-order valence-electron chi connectivity index (χ1n) is 6.42. The summed E-state index contributed by atoms with van der Waals surface area (Å²) in [7, 11) is 0. The smallest absolute Gasteiger partial charge is 0.407 e. The predicted molar refractivity (Wildman–Crippen MR) is 70.1 cm³/mol. The summed E-state index contributed by atoms with van der Waals surface area (Å²) in [6.07, 6.45) is 2.28.